The van der Waals surface area contributed by atoms with E-state index in [1.165, 1.54) is 0 Å². The second-order valence-electron chi connectivity index (χ2n) is 5.75. The molecule has 0 spiro atoms. The van der Waals surface area contributed by atoms with Gasteiger partial charge >= 0.3 is 0 Å². The molecule has 0 amide bonds. The van der Waals surface area contributed by atoms with Gasteiger partial charge in [-0.1, -0.05) is 12.1 Å². The van der Waals surface area contributed by atoms with Crippen LogP contribution in [-0.4, -0.2) is 25.5 Å². The largest absolute Gasteiger partial charge is 0.494 e. The van der Waals surface area contributed by atoms with E-state index in [1.807, 2.05) is 31.2 Å². The van der Waals surface area contributed by atoms with Gasteiger partial charge in [0.2, 0.25) is 10.0 Å². The molecule has 0 saturated carbocycles. The van der Waals surface area contributed by atoms with E-state index in [0.717, 1.165) is 16.7 Å². The summed E-state index contributed by atoms with van der Waals surface area (Å²) in [5.41, 5.74) is 3.24. The lowest BCUT2D eigenvalue weighted by Gasteiger charge is -2.10. The molecule has 0 aliphatic carbocycles. The molecule has 7 heteroatoms. The van der Waals surface area contributed by atoms with Crippen LogP contribution in [0.15, 0.2) is 66.0 Å². The lowest BCUT2D eigenvalue weighted by molar-refractivity contribution is 0.414. The Kier molecular flexibility index (Phi) is 5.29. The quantitative estimate of drug-likeness (QED) is 0.722. The van der Waals surface area contributed by atoms with E-state index in [4.69, 9.17) is 4.74 Å². The first-order valence-corrected chi connectivity index (χ1v) is 9.47. The summed E-state index contributed by atoms with van der Waals surface area (Å²) in [5.74, 6) is 0.644. The molecular weight excluding hydrogens is 350 g/mol. The van der Waals surface area contributed by atoms with Crippen LogP contribution >= 0.6 is 0 Å². The van der Waals surface area contributed by atoms with Crippen LogP contribution in [0.1, 0.15) is 11.3 Å². The van der Waals surface area contributed by atoms with Gasteiger partial charge in [0.05, 0.1) is 30.4 Å². The van der Waals surface area contributed by atoms with E-state index in [9.17, 15) is 8.42 Å². The minimum Gasteiger partial charge on any atom is -0.494 e. The number of hydrogen-bond acceptors (Lipinski definition) is 5. The zero-order valence-corrected chi connectivity index (χ0v) is 15.3. The summed E-state index contributed by atoms with van der Waals surface area (Å²) < 4.78 is 32.8. The number of sulfonamides is 1. The predicted octanol–water partition coefficient (Wildman–Crippen LogP) is 2.94. The highest BCUT2D eigenvalue weighted by Crippen LogP contribution is 2.28. The van der Waals surface area contributed by atoms with E-state index >= 15 is 0 Å². The second kappa shape index (κ2) is 7.63. The molecule has 0 atom stereocenters. The highest BCUT2D eigenvalue weighted by Gasteiger charge is 2.14. The topological polar surface area (TPSA) is 81.2 Å². The lowest BCUT2D eigenvalue weighted by atomic mass is 10.1. The molecule has 6 nitrogen and oxygen atoms in total. The van der Waals surface area contributed by atoms with Crippen LogP contribution in [0.25, 0.3) is 11.1 Å². The average molecular weight is 369 g/mol. The number of ether oxygens (including phenoxy) is 1. The normalized spacial score (nSPS) is 11.3. The Balaban J connectivity index is 1.81. The van der Waals surface area contributed by atoms with Crippen LogP contribution in [-0.2, 0) is 16.6 Å². The molecule has 0 aliphatic heterocycles. The van der Waals surface area contributed by atoms with E-state index in [2.05, 4.69) is 14.7 Å². The zero-order valence-electron chi connectivity index (χ0n) is 14.5. The molecule has 26 heavy (non-hydrogen) atoms. The Labute approximate surface area is 153 Å². The number of methoxy groups -OCH3 is 1. The molecule has 0 fully saturated rings. The maximum absolute atomic E-state index is 12.4. The van der Waals surface area contributed by atoms with Crippen molar-refractivity contribution in [3.8, 4) is 16.9 Å². The Morgan fingerprint density at radius 1 is 1.12 bits per heavy atom. The van der Waals surface area contributed by atoms with Crippen LogP contribution < -0.4 is 9.46 Å². The Morgan fingerprint density at radius 2 is 1.96 bits per heavy atom. The van der Waals surface area contributed by atoms with Gasteiger partial charge in [-0.25, -0.2) is 13.1 Å². The lowest BCUT2D eigenvalue weighted by Crippen LogP contribution is -2.23. The van der Waals surface area contributed by atoms with Crippen molar-refractivity contribution in [1.82, 2.24) is 14.7 Å². The molecule has 2 aromatic heterocycles. The minimum absolute atomic E-state index is 0.0948. The fourth-order valence-corrected chi connectivity index (χ4v) is 3.66. The van der Waals surface area contributed by atoms with Crippen LogP contribution in [0.5, 0.6) is 5.75 Å². The molecule has 0 aliphatic rings. The molecule has 0 radical (unpaired) electrons. The SMILES string of the molecule is COc1cnccc1-c1ccnc(CNS(=O)(=O)c2cccc(C)c2)c1. The van der Waals surface area contributed by atoms with Crippen molar-refractivity contribution in [3.05, 3.63) is 72.3 Å². The maximum Gasteiger partial charge on any atom is 0.240 e. The molecule has 0 unspecified atom stereocenters. The summed E-state index contributed by atoms with van der Waals surface area (Å²) in [6, 6.07) is 12.3. The third kappa shape index (κ3) is 4.07. The van der Waals surface area contributed by atoms with Crippen LogP contribution in [0.2, 0.25) is 0 Å². The molecule has 3 aromatic rings. The van der Waals surface area contributed by atoms with Gasteiger partial charge in [0, 0.05) is 18.0 Å². The van der Waals surface area contributed by atoms with Crippen molar-refractivity contribution in [1.29, 1.82) is 0 Å². The van der Waals surface area contributed by atoms with Crippen molar-refractivity contribution >= 4 is 10.0 Å². The number of hydrogen-bond donors (Lipinski definition) is 1. The summed E-state index contributed by atoms with van der Waals surface area (Å²) in [5, 5.41) is 0. The average Bonchev–Trinajstić information content (AvgIpc) is 2.67. The highest BCUT2D eigenvalue weighted by atomic mass is 32.2. The highest BCUT2D eigenvalue weighted by molar-refractivity contribution is 7.89. The fourth-order valence-electron chi connectivity index (χ4n) is 2.56. The molecular formula is C19H19N3O3S. The number of rotatable bonds is 6. The zero-order chi connectivity index (χ0) is 18.6. The first kappa shape index (κ1) is 18.0. The maximum atomic E-state index is 12.4. The number of nitrogens with zero attached hydrogens (tertiary/aromatic N) is 2. The third-order valence-corrected chi connectivity index (χ3v) is 5.27. The number of aryl methyl sites for hydroxylation is 1. The van der Waals surface area contributed by atoms with Gasteiger partial charge in [0.15, 0.2) is 0 Å². The number of benzene rings is 1. The Morgan fingerprint density at radius 3 is 2.73 bits per heavy atom. The van der Waals surface area contributed by atoms with E-state index in [1.54, 1.807) is 43.9 Å². The number of aromatic nitrogens is 2. The molecule has 1 aromatic carbocycles. The van der Waals surface area contributed by atoms with Crippen molar-refractivity contribution in [2.75, 3.05) is 7.11 Å². The van der Waals surface area contributed by atoms with Crippen molar-refractivity contribution in [2.24, 2.45) is 0 Å². The van der Waals surface area contributed by atoms with Gasteiger partial charge in [-0.15, -0.1) is 0 Å². The van der Waals surface area contributed by atoms with E-state index in [0.29, 0.717) is 11.4 Å². The molecule has 0 bridgehead atoms. The number of pyridine rings is 2. The van der Waals surface area contributed by atoms with Gasteiger partial charge < -0.3 is 4.74 Å². The molecule has 3 rings (SSSR count). The van der Waals surface area contributed by atoms with Gasteiger partial charge in [0.1, 0.15) is 5.75 Å². The van der Waals surface area contributed by atoms with Crippen LogP contribution in [0.4, 0.5) is 0 Å². The molecule has 134 valence electrons. The monoisotopic (exact) mass is 369 g/mol. The summed E-state index contributed by atoms with van der Waals surface area (Å²) in [7, 11) is -2.01. The van der Waals surface area contributed by atoms with Crippen molar-refractivity contribution in [3.63, 3.8) is 0 Å². The summed E-state index contributed by atoms with van der Waals surface area (Å²) >= 11 is 0. The molecule has 1 N–H and O–H groups in total. The standard InChI is InChI=1S/C19H19N3O3S/c1-14-4-3-5-17(10-14)26(23,24)22-12-16-11-15(6-9-21-16)18-7-8-20-13-19(18)25-2/h3-11,13,22H,12H2,1-2H3. The van der Waals surface area contributed by atoms with Crippen molar-refractivity contribution in [2.45, 2.75) is 18.4 Å². The van der Waals surface area contributed by atoms with Crippen LogP contribution in [0.3, 0.4) is 0 Å². The Hall–Kier alpha value is -2.77. The van der Waals surface area contributed by atoms with E-state index in [-0.39, 0.29) is 11.4 Å². The summed E-state index contributed by atoms with van der Waals surface area (Å²) in [6.45, 7) is 1.95. The summed E-state index contributed by atoms with van der Waals surface area (Å²) in [6.07, 6.45) is 4.96. The molecule has 0 saturated heterocycles. The summed E-state index contributed by atoms with van der Waals surface area (Å²) in [4.78, 5) is 8.53. The second-order valence-corrected chi connectivity index (χ2v) is 7.52. The fraction of sp³-hybridized carbons (Fsp3) is 0.158. The van der Waals surface area contributed by atoms with Gasteiger partial charge in [-0.3, -0.25) is 9.97 Å². The first-order chi connectivity index (χ1) is 12.5. The third-order valence-electron chi connectivity index (χ3n) is 3.88. The van der Waals surface area contributed by atoms with Crippen molar-refractivity contribution < 1.29 is 13.2 Å². The number of nitrogens with one attached hydrogen (secondary N) is 1. The smallest absolute Gasteiger partial charge is 0.240 e. The van der Waals surface area contributed by atoms with Crippen LogP contribution in [0, 0.1) is 6.92 Å². The van der Waals surface area contributed by atoms with E-state index < -0.39 is 10.0 Å². The minimum atomic E-state index is -3.60. The Bertz CT molecular complexity index is 1020. The van der Waals surface area contributed by atoms with Gasteiger partial charge in [-0.05, 0) is 48.4 Å². The molecule has 2 heterocycles. The predicted molar refractivity (Wildman–Crippen MR) is 99.2 cm³/mol. The van der Waals surface area contributed by atoms with Gasteiger partial charge in [0.25, 0.3) is 0 Å². The first-order valence-electron chi connectivity index (χ1n) is 7.99. The van der Waals surface area contributed by atoms with Gasteiger partial charge in [-0.2, -0.15) is 0 Å².